The maximum atomic E-state index is 11.4. The van der Waals surface area contributed by atoms with Crippen molar-refractivity contribution >= 4 is 10.0 Å². The van der Waals surface area contributed by atoms with Gasteiger partial charge in [-0.3, -0.25) is 0 Å². The lowest BCUT2D eigenvalue weighted by Crippen LogP contribution is -2.47. The molecule has 5 nitrogen and oxygen atoms in total. The third-order valence-electron chi connectivity index (χ3n) is 1.51. The highest BCUT2D eigenvalue weighted by Crippen LogP contribution is 2.05. The van der Waals surface area contributed by atoms with Gasteiger partial charge in [0.15, 0.2) is 0 Å². The van der Waals surface area contributed by atoms with E-state index < -0.39 is 15.6 Å². The van der Waals surface area contributed by atoms with E-state index in [0.29, 0.717) is 6.61 Å². The van der Waals surface area contributed by atoms with Gasteiger partial charge in [-0.25, -0.2) is 13.1 Å². The number of sulfonamides is 1. The normalized spacial score (nSPS) is 13.1. The van der Waals surface area contributed by atoms with Crippen LogP contribution in [0.1, 0.15) is 20.3 Å². The number of aliphatic hydroxyl groups is 1. The van der Waals surface area contributed by atoms with Gasteiger partial charge in [-0.1, -0.05) is 0 Å². The number of rotatable bonds is 7. The third kappa shape index (κ3) is 6.31. The van der Waals surface area contributed by atoms with Crippen LogP contribution in [-0.4, -0.2) is 45.1 Å². The molecule has 0 amide bonds. The minimum atomic E-state index is -3.31. The quantitative estimate of drug-likeness (QED) is 0.624. The van der Waals surface area contributed by atoms with Crippen molar-refractivity contribution in [2.75, 3.05) is 26.1 Å². The highest BCUT2D eigenvalue weighted by atomic mass is 32.2. The van der Waals surface area contributed by atoms with E-state index in [1.54, 1.807) is 13.8 Å². The van der Waals surface area contributed by atoms with Crippen molar-refractivity contribution in [2.45, 2.75) is 25.8 Å². The van der Waals surface area contributed by atoms with Crippen LogP contribution in [0, 0.1) is 0 Å². The van der Waals surface area contributed by atoms with Crippen LogP contribution in [0.5, 0.6) is 0 Å². The molecule has 0 heterocycles. The van der Waals surface area contributed by atoms with Crippen molar-refractivity contribution in [1.82, 2.24) is 4.72 Å². The molecule has 0 aromatic carbocycles. The molecule has 0 fully saturated rings. The Bertz CT molecular complexity index is 248. The second-order valence-electron chi connectivity index (χ2n) is 3.81. The van der Waals surface area contributed by atoms with Crippen LogP contribution in [0.3, 0.4) is 0 Å². The molecule has 0 saturated heterocycles. The molecular formula is C8H19NO4S. The Kier molecular flexibility index (Phi) is 5.58. The summed E-state index contributed by atoms with van der Waals surface area (Å²) < 4.78 is 30.2. The van der Waals surface area contributed by atoms with Gasteiger partial charge in [-0.15, -0.1) is 0 Å². The van der Waals surface area contributed by atoms with Crippen LogP contribution in [0.4, 0.5) is 0 Å². The van der Waals surface area contributed by atoms with Crippen LogP contribution in [0.25, 0.3) is 0 Å². The van der Waals surface area contributed by atoms with Gasteiger partial charge >= 0.3 is 0 Å². The molecule has 0 atom stereocenters. The second kappa shape index (κ2) is 5.65. The Morgan fingerprint density at radius 2 is 2.00 bits per heavy atom. The van der Waals surface area contributed by atoms with Gasteiger partial charge in [0.05, 0.1) is 17.9 Å². The lowest BCUT2D eigenvalue weighted by molar-refractivity contribution is 0.141. The van der Waals surface area contributed by atoms with Crippen LogP contribution in [0.15, 0.2) is 0 Å². The van der Waals surface area contributed by atoms with Gasteiger partial charge in [0, 0.05) is 13.7 Å². The van der Waals surface area contributed by atoms with E-state index in [2.05, 4.69) is 4.72 Å². The summed E-state index contributed by atoms with van der Waals surface area (Å²) in [4.78, 5) is 0. The van der Waals surface area contributed by atoms with E-state index in [-0.39, 0.29) is 18.8 Å². The van der Waals surface area contributed by atoms with Crippen molar-refractivity contribution in [2.24, 2.45) is 0 Å². The molecule has 0 aromatic heterocycles. The van der Waals surface area contributed by atoms with Crippen molar-refractivity contribution in [1.29, 1.82) is 0 Å². The second-order valence-corrected chi connectivity index (χ2v) is 5.66. The van der Waals surface area contributed by atoms with E-state index in [0.717, 1.165) is 0 Å². The lowest BCUT2D eigenvalue weighted by Gasteiger charge is -2.24. The molecule has 0 saturated carbocycles. The van der Waals surface area contributed by atoms with E-state index in [1.165, 1.54) is 7.11 Å². The molecule has 14 heavy (non-hydrogen) atoms. The van der Waals surface area contributed by atoms with Crippen LogP contribution >= 0.6 is 0 Å². The van der Waals surface area contributed by atoms with Crippen molar-refractivity contribution in [3.63, 3.8) is 0 Å². The van der Waals surface area contributed by atoms with E-state index >= 15 is 0 Å². The third-order valence-corrected chi connectivity index (χ3v) is 3.20. The van der Waals surface area contributed by atoms with E-state index in [4.69, 9.17) is 9.84 Å². The number of hydrogen-bond donors (Lipinski definition) is 2. The lowest BCUT2D eigenvalue weighted by atomic mass is 10.1. The van der Waals surface area contributed by atoms with Crippen LogP contribution < -0.4 is 4.72 Å². The zero-order valence-corrected chi connectivity index (χ0v) is 9.73. The Labute approximate surface area is 85.5 Å². The fourth-order valence-electron chi connectivity index (χ4n) is 1.12. The summed E-state index contributed by atoms with van der Waals surface area (Å²) in [5.41, 5.74) is -0.608. The first kappa shape index (κ1) is 13.8. The van der Waals surface area contributed by atoms with Gasteiger partial charge in [0.1, 0.15) is 0 Å². The highest BCUT2D eigenvalue weighted by Gasteiger charge is 2.24. The number of methoxy groups -OCH3 is 1. The molecule has 6 heteroatoms. The van der Waals surface area contributed by atoms with Crippen LogP contribution in [-0.2, 0) is 14.8 Å². The zero-order chi connectivity index (χ0) is 11.2. The van der Waals surface area contributed by atoms with E-state index in [1.807, 2.05) is 0 Å². The van der Waals surface area contributed by atoms with Gasteiger partial charge in [0.2, 0.25) is 10.0 Å². The van der Waals surface area contributed by atoms with Crippen molar-refractivity contribution in [3.8, 4) is 0 Å². The molecule has 86 valence electrons. The molecular weight excluding hydrogens is 206 g/mol. The molecule has 0 aliphatic heterocycles. The number of aliphatic hydroxyl groups excluding tert-OH is 1. The standard InChI is InChI=1S/C8H19NO4S/c1-8(2,7-13-3)9-14(11,12)6-4-5-10/h9-10H,4-7H2,1-3H3. The molecule has 0 rings (SSSR count). The topological polar surface area (TPSA) is 75.6 Å². The molecule has 0 unspecified atom stereocenters. The summed E-state index contributed by atoms with van der Waals surface area (Å²) in [6, 6.07) is 0. The Morgan fingerprint density at radius 3 is 2.43 bits per heavy atom. The first-order chi connectivity index (χ1) is 6.33. The first-order valence-electron chi connectivity index (χ1n) is 4.44. The summed E-state index contributed by atoms with van der Waals surface area (Å²) in [6.07, 6.45) is 0.248. The highest BCUT2D eigenvalue weighted by molar-refractivity contribution is 7.89. The maximum absolute atomic E-state index is 11.4. The van der Waals surface area contributed by atoms with Gasteiger partial charge in [-0.2, -0.15) is 0 Å². The molecule has 0 aliphatic rings. The summed E-state index contributed by atoms with van der Waals surface area (Å²) in [7, 11) is -1.80. The number of nitrogens with one attached hydrogen (secondary N) is 1. The predicted molar refractivity (Wildman–Crippen MR) is 54.6 cm³/mol. The van der Waals surface area contributed by atoms with Crippen LogP contribution in [0.2, 0.25) is 0 Å². The average molecular weight is 225 g/mol. The Morgan fingerprint density at radius 1 is 1.43 bits per heavy atom. The monoisotopic (exact) mass is 225 g/mol. The molecule has 0 spiro atoms. The summed E-state index contributed by atoms with van der Waals surface area (Å²) in [5.74, 6) is -0.0589. The Hall–Kier alpha value is -0.170. The van der Waals surface area contributed by atoms with Crippen molar-refractivity contribution < 1.29 is 18.3 Å². The summed E-state index contributed by atoms with van der Waals surface area (Å²) >= 11 is 0. The molecule has 2 N–H and O–H groups in total. The SMILES string of the molecule is COCC(C)(C)NS(=O)(=O)CCCO. The minimum Gasteiger partial charge on any atom is -0.396 e. The zero-order valence-electron chi connectivity index (χ0n) is 8.91. The predicted octanol–water partition coefficient (Wildman–Crippen LogP) is -0.287. The molecule has 0 aromatic rings. The van der Waals surface area contributed by atoms with E-state index in [9.17, 15) is 8.42 Å². The fourth-order valence-corrected chi connectivity index (χ4v) is 2.63. The summed E-state index contributed by atoms with van der Waals surface area (Å²) in [5, 5.41) is 8.51. The summed E-state index contributed by atoms with van der Waals surface area (Å²) in [6.45, 7) is 3.68. The minimum absolute atomic E-state index is 0.0589. The molecule has 0 aliphatic carbocycles. The fraction of sp³-hybridized carbons (Fsp3) is 1.00. The molecule has 0 radical (unpaired) electrons. The maximum Gasteiger partial charge on any atom is 0.212 e. The smallest absolute Gasteiger partial charge is 0.212 e. The van der Waals surface area contributed by atoms with Gasteiger partial charge in [0.25, 0.3) is 0 Å². The van der Waals surface area contributed by atoms with Gasteiger partial charge in [-0.05, 0) is 20.3 Å². The Balaban J connectivity index is 4.20. The van der Waals surface area contributed by atoms with Crippen molar-refractivity contribution in [3.05, 3.63) is 0 Å². The average Bonchev–Trinajstić information content (AvgIpc) is 1.98. The number of hydrogen-bond acceptors (Lipinski definition) is 4. The largest absolute Gasteiger partial charge is 0.396 e. The van der Waals surface area contributed by atoms with Gasteiger partial charge < -0.3 is 9.84 Å². The first-order valence-corrected chi connectivity index (χ1v) is 6.10. The number of ether oxygens (including phenoxy) is 1. The molecule has 0 bridgehead atoms.